The molecule has 1 aliphatic heterocycles. The van der Waals surface area contributed by atoms with E-state index in [2.05, 4.69) is 19.9 Å². The lowest BCUT2D eigenvalue weighted by molar-refractivity contribution is -0.117. The Kier molecular flexibility index (Phi) is 6.12. The second kappa shape index (κ2) is 8.72. The van der Waals surface area contributed by atoms with Crippen LogP contribution in [0.2, 0.25) is 0 Å². The van der Waals surface area contributed by atoms with Gasteiger partial charge in [0.25, 0.3) is 5.91 Å². The van der Waals surface area contributed by atoms with Gasteiger partial charge in [0.05, 0.1) is 0 Å². The van der Waals surface area contributed by atoms with Crippen LogP contribution in [0.15, 0.2) is 35.1 Å². The molecule has 9 heteroatoms. The minimum absolute atomic E-state index is 0.136. The van der Waals surface area contributed by atoms with Gasteiger partial charge in [-0.25, -0.2) is 8.78 Å². The summed E-state index contributed by atoms with van der Waals surface area (Å²) in [5.41, 5.74) is -0.136. The van der Waals surface area contributed by atoms with E-state index in [1.165, 1.54) is 17.2 Å². The third-order valence-electron chi connectivity index (χ3n) is 4.32. The second-order valence-corrected chi connectivity index (χ2v) is 6.37. The number of halogens is 2. The van der Waals surface area contributed by atoms with Crippen molar-refractivity contribution in [2.24, 2.45) is 0 Å². The van der Waals surface area contributed by atoms with Gasteiger partial charge in [-0.1, -0.05) is 5.16 Å². The number of carbonyl (C=O) groups is 2. The molecular weight excluding hydrogens is 358 g/mol. The number of hydrogen-bond donors (Lipinski definition) is 1. The number of hydrogen-bond acceptors (Lipinski definition) is 5. The van der Waals surface area contributed by atoms with Crippen LogP contribution in [0.5, 0.6) is 0 Å². The minimum Gasteiger partial charge on any atom is -0.363 e. The van der Waals surface area contributed by atoms with Crippen LogP contribution < -0.4 is 5.32 Å². The third kappa shape index (κ3) is 5.33. The van der Waals surface area contributed by atoms with Crippen molar-refractivity contribution in [3.05, 3.63) is 47.7 Å². The molecule has 1 N–H and O–H groups in total. The average Bonchev–Trinajstić information content (AvgIpc) is 3.30. The first-order valence-electron chi connectivity index (χ1n) is 8.69. The molecule has 2 heterocycles. The quantitative estimate of drug-likeness (QED) is 0.799. The van der Waals surface area contributed by atoms with E-state index < -0.39 is 23.4 Å². The van der Waals surface area contributed by atoms with E-state index in [0.29, 0.717) is 12.6 Å². The number of nitrogens with one attached hydrogen (secondary N) is 1. The van der Waals surface area contributed by atoms with Gasteiger partial charge in [-0.2, -0.15) is 0 Å². The van der Waals surface area contributed by atoms with Crippen molar-refractivity contribution in [1.29, 1.82) is 0 Å². The highest BCUT2D eigenvalue weighted by Crippen LogP contribution is 2.13. The maximum atomic E-state index is 13.5. The molecule has 0 radical (unpaired) electrons. The maximum absolute atomic E-state index is 13.5. The number of likely N-dealkylation sites (tertiary alicyclic amines) is 1. The summed E-state index contributed by atoms with van der Waals surface area (Å²) < 4.78 is 31.6. The highest BCUT2D eigenvalue weighted by atomic mass is 19.1. The van der Waals surface area contributed by atoms with Crippen molar-refractivity contribution in [2.45, 2.75) is 12.8 Å². The first-order valence-corrected chi connectivity index (χ1v) is 8.69. The smallest absolute Gasteiger partial charge is 0.254 e. The second-order valence-electron chi connectivity index (χ2n) is 6.37. The van der Waals surface area contributed by atoms with E-state index in [9.17, 15) is 18.4 Å². The van der Waals surface area contributed by atoms with Crippen LogP contribution >= 0.6 is 0 Å². The van der Waals surface area contributed by atoms with Crippen molar-refractivity contribution >= 4 is 17.6 Å². The third-order valence-corrected chi connectivity index (χ3v) is 4.32. The van der Waals surface area contributed by atoms with Crippen molar-refractivity contribution in [1.82, 2.24) is 15.0 Å². The predicted octanol–water partition coefficient (Wildman–Crippen LogP) is 2.13. The van der Waals surface area contributed by atoms with E-state index in [1.54, 1.807) is 0 Å². The molecule has 1 fully saturated rings. The van der Waals surface area contributed by atoms with Gasteiger partial charge in [0, 0.05) is 30.8 Å². The van der Waals surface area contributed by atoms with Crippen LogP contribution in [0.25, 0.3) is 0 Å². The van der Waals surface area contributed by atoms with Gasteiger partial charge in [-0.15, -0.1) is 0 Å². The Morgan fingerprint density at radius 2 is 1.89 bits per heavy atom. The van der Waals surface area contributed by atoms with Crippen LogP contribution in [0.4, 0.5) is 14.6 Å². The Morgan fingerprint density at radius 1 is 1.19 bits per heavy atom. The molecule has 27 heavy (non-hydrogen) atoms. The predicted molar refractivity (Wildman–Crippen MR) is 93.1 cm³/mol. The molecule has 1 saturated heterocycles. The molecule has 7 nitrogen and oxygen atoms in total. The van der Waals surface area contributed by atoms with Gasteiger partial charge >= 0.3 is 0 Å². The van der Waals surface area contributed by atoms with Crippen molar-refractivity contribution in [3.63, 3.8) is 0 Å². The van der Waals surface area contributed by atoms with Crippen LogP contribution in [0.1, 0.15) is 23.2 Å². The first-order chi connectivity index (χ1) is 13.0. The van der Waals surface area contributed by atoms with E-state index >= 15 is 0 Å². The molecule has 144 valence electrons. The Bertz CT molecular complexity index is 772. The van der Waals surface area contributed by atoms with Crippen LogP contribution in [0.3, 0.4) is 0 Å². The Balaban J connectivity index is 1.70. The van der Waals surface area contributed by atoms with Crippen molar-refractivity contribution < 1.29 is 22.9 Å². The van der Waals surface area contributed by atoms with Gasteiger partial charge in [-0.3, -0.25) is 9.59 Å². The summed E-state index contributed by atoms with van der Waals surface area (Å²) in [5, 5.41) is 6.09. The molecule has 1 aromatic heterocycles. The number of aromatic nitrogens is 1. The molecule has 0 unspecified atom stereocenters. The molecule has 0 spiro atoms. The lowest BCUT2D eigenvalue weighted by atomic mass is 10.2. The van der Waals surface area contributed by atoms with Crippen LogP contribution in [-0.2, 0) is 4.79 Å². The van der Waals surface area contributed by atoms with Gasteiger partial charge in [0.1, 0.15) is 24.4 Å². The average molecular weight is 378 g/mol. The summed E-state index contributed by atoms with van der Waals surface area (Å²) in [6, 6.07) is 4.09. The van der Waals surface area contributed by atoms with Gasteiger partial charge < -0.3 is 19.6 Å². The van der Waals surface area contributed by atoms with Crippen LogP contribution in [-0.4, -0.2) is 59.5 Å². The minimum atomic E-state index is -0.843. The molecule has 0 bridgehead atoms. The number of rotatable bonds is 7. The van der Waals surface area contributed by atoms with Crippen LogP contribution in [0, 0.1) is 11.6 Å². The van der Waals surface area contributed by atoms with Gasteiger partial charge in [-0.05, 0) is 38.1 Å². The molecular formula is C18H20F2N4O3. The molecule has 1 aliphatic rings. The molecule has 0 saturated carbocycles. The lowest BCUT2D eigenvalue weighted by Gasteiger charge is -2.25. The summed E-state index contributed by atoms with van der Waals surface area (Å²) >= 11 is 0. The zero-order valence-electron chi connectivity index (χ0n) is 14.7. The van der Waals surface area contributed by atoms with E-state index in [0.717, 1.165) is 38.1 Å². The largest absolute Gasteiger partial charge is 0.363 e. The monoisotopic (exact) mass is 378 g/mol. The highest BCUT2D eigenvalue weighted by molar-refractivity contribution is 5.99. The molecule has 2 amide bonds. The summed E-state index contributed by atoms with van der Waals surface area (Å²) in [4.78, 5) is 28.5. The Labute approximate surface area is 154 Å². The fourth-order valence-electron chi connectivity index (χ4n) is 3.01. The lowest BCUT2D eigenvalue weighted by Crippen LogP contribution is -2.42. The Morgan fingerprint density at radius 3 is 2.52 bits per heavy atom. The van der Waals surface area contributed by atoms with Crippen molar-refractivity contribution in [3.8, 4) is 0 Å². The van der Waals surface area contributed by atoms with E-state index in [1.807, 2.05) is 0 Å². The zero-order valence-corrected chi connectivity index (χ0v) is 14.7. The molecule has 0 atom stereocenters. The van der Waals surface area contributed by atoms with E-state index in [-0.39, 0.29) is 24.5 Å². The topological polar surface area (TPSA) is 78.7 Å². The number of carbonyl (C=O) groups excluding carboxylic acids is 2. The molecule has 2 aromatic rings. The summed E-state index contributed by atoms with van der Waals surface area (Å²) in [5.74, 6) is -2.54. The highest BCUT2D eigenvalue weighted by Gasteiger charge is 2.22. The molecule has 3 rings (SSSR count). The number of amides is 2. The zero-order chi connectivity index (χ0) is 19.2. The standard InChI is InChI=1S/C18H20F2N4O3/c19-14-9-13(10-15(20)11-14)18(26)24(7-6-23-4-1-2-5-23)12-17(25)21-16-3-8-27-22-16/h3,8-11H,1-2,4-7,12H2,(H,21,22,25). The van der Waals surface area contributed by atoms with Gasteiger partial charge in [0.15, 0.2) is 5.82 Å². The summed E-state index contributed by atoms with van der Waals surface area (Å²) in [6.07, 6.45) is 3.49. The number of benzene rings is 1. The first kappa shape index (κ1) is 19.0. The van der Waals surface area contributed by atoms with Gasteiger partial charge in [0.2, 0.25) is 5.91 Å². The maximum Gasteiger partial charge on any atom is 0.254 e. The fourth-order valence-corrected chi connectivity index (χ4v) is 3.01. The summed E-state index contributed by atoms with van der Waals surface area (Å²) in [6.45, 7) is 2.45. The normalized spacial score (nSPS) is 14.3. The number of anilines is 1. The molecule has 0 aliphatic carbocycles. The SMILES string of the molecule is O=C(CN(CCN1CCCC1)C(=O)c1cc(F)cc(F)c1)Nc1ccon1. The van der Waals surface area contributed by atoms with Crippen molar-refractivity contribution in [2.75, 3.05) is 38.0 Å². The fraction of sp³-hybridized carbons (Fsp3) is 0.389. The molecule has 1 aromatic carbocycles. The number of nitrogens with zero attached hydrogens (tertiary/aromatic N) is 3. The van der Waals surface area contributed by atoms with E-state index in [4.69, 9.17) is 0 Å². The summed E-state index contributed by atoms with van der Waals surface area (Å²) in [7, 11) is 0. The Hall–Kier alpha value is -2.81.